The number of rotatable bonds is 2. The van der Waals surface area contributed by atoms with Crippen molar-refractivity contribution in [2.24, 2.45) is 11.1 Å². The van der Waals surface area contributed by atoms with E-state index in [4.69, 9.17) is 10.5 Å². The first-order chi connectivity index (χ1) is 8.86. The smallest absolute Gasteiger partial charge is 0.325 e. The number of hydrogen-bond acceptors (Lipinski definition) is 4. The van der Waals surface area contributed by atoms with Gasteiger partial charge in [0, 0.05) is 6.04 Å². The number of carbonyl (C=O) groups is 1. The summed E-state index contributed by atoms with van der Waals surface area (Å²) >= 11 is 0. The summed E-state index contributed by atoms with van der Waals surface area (Å²) in [5.74, 6) is -0.241. The van der Waals surface area contributed by atoms with Crippen LogP contribution in [0.5, 0.6) is 0 Å². The van der Waals surface area contributed by atoms with E-state index in [1.54, 1.807) is 0 Å². The maximum absolute atomic E-state index is 11.9. The Hall–Kier alpha value is -0.610. The Labute approximate surface area is 116 Å². The van der Waals surface area contributed by atoms with Gasteiger partial charge in [0.1, 0.15) is 5.54 Å². The molecule has 2 fully saturated rings. The molecule has 4 heteroatoms. The van der Waals surface area contributed by atoms with Crippen LogP contribution in [-0.4, -0.2) is 42.6 Å². The van der Waals surface area contributed by atoms with Gasteiger partial charge in [-0.15, -0.1) is 0 Å². The van der Waals surface area contributed by atoms with Crippen LogP contribution in [0.3, 0.4) is 0 Å². The van der Waals surface area contributed by atoms with Crippen molar-refractivity contribution >= 4 is 5.97 Å². The van der Waals surface area contributed by atoms with Crippen LogP contribution >= 0.6 is 0 Å². The maximum Gasteiger partial charge on any atom is 0.325 e. The number of carbonyl (C=O) groups excluding carboxylic acids is 1. The van der Waals surface area contributed by atoms with E-state index in [9.17, 15) is 4.79 Å². The first-order valence-electron chi connectivity index (χ1n) is 7.48. The van der Waals surface area contributed by atoms with Crippen molar-refractivity contribution in [3.05, 3.63) is 0 Å². The standard InChI is InChI=1S/C15H28N2O2/c1-14(2)7-9-17(10-8-14)12-5-4-6-15(16,11-12)13(18)19-3/h12H,4-11,16H2,1-3H3. The fraction of sp³-hybridized carbons (Fsp3) is 0.933. The van der Waals surface area contributed by atoms with Crippen LogP contribution in [0.15, 0.2) is 0 Å². The molecule has 0 radical (unpaired) electrons. The third-order valence-electron chi connectivity index (χ3n) is 5.02. The number of likely N-dealkylation sites (tertiary alicyclic amines) is 1. The minimum Gasteiger partial charge on any atom is -0.468 e. The Morgan fingerprint density at radius 1 is 1.26 bits per heavy atom. The zero-order valence-electron chi connectivity index (χ0n) is 12.6. The van der Waals surface area contributed by atoms with Crippen molar-refractivity contribution < 1.29 is 9.53 Å². The molecule has 1 saturated heterocycles. The van der Waals surface area contributed by atoms with Crippen molar-refractivity contribution in [1.82, 2.24) is 4.90 Å². The van der Waals surface area contributed by atoms with Crippen LogP contribution < -0.4 is 5.73 Å². The average molecular weight is 268 g/mol. The van der Waals surface area contributed by atoms with Crippen LogP contribution in [-0.2, 0) is 9.53 Å². The van der Waals surface area contributed by atoms with Crippen LogP contribution in [0.25, 0.3) is 0 Å². The fourth-order valence-corrected chi connectivity index (χ4v) is 3.47. The molecule has 1 aliphatic heterocycles. The Bertz CT molecular complexity index is 333. The van der Waals surface area contributed by atoms with Gasteiger partial charge in [-0.05, 0) is 57.0 Å². The molecule has 0 spiro atoms. The molecule has 0 aromatic heterocycles. The zero-order valence-corrected chi connectivity index (χ0v) is 12.6. The SMILES string of the molecule is COC(=O)C1(N)CCCC(N2CCC(C)(C)CC2)C1. The molecule has 0 aromatic carbocycles. The van der Waals surface area contributed by atoms with E-state index in [2.05, 4.69) is 18.7 Å². The molecule has 0 bridgehead atoms. The number of hydrogen-bond donors (Lipinski definition) is 1. The Morgan fingerprint density at radius 3 is 2.47 bits per heavy atom. The molecule has 0 amide bonds. The van der Waals surface area contributed by atoms with Crippen molar-refractivity contribution in [2.45, 2.75) is 64.0 Å². The highest BCUT2D eigenvalue weighted by molar-refractivity contribution is 5.80. The molecule has 4 nitrogen and oxygen atoms in total. The molecule has 1 saturated carbocycles. The quantitative estimate of drug-likeness (QED) is 0.777. The molecule has 2 unspecified atom stereocenters. The number of nitrogens with two attached hydrogens (primary N) is 1. The van der Waals surface area contributed by atoms with Crippen molar-refractivity contribution in [1.29, 1.82) is 0 Å². The van der Waals surface area contributed by atoms with Gasteiger partial charge < -0.3 is 15.4 Å². The normalized spacial score (nSPS) is 35.9. The third kappa shape index (κ3) is 3.29. The van der Waals surface area contributed by atoms with E-state index < -0.39 is 5.54 Å². The van der Waals surface area contributed by atoms with Gasteiger partial charge in [0.25, 0.3) is 0 Å². The summed E-state index contributed by atoms with van der Waals surface area (Å²) < 4.78 is 4.88. The highest BCUT2D eigenvalue weighted by Gasteiger charge is 2.42. The molecule has 2 atom stereocenters. The van der Waals surface area contributed by atoms with Gasteiger partial charge in [-0.3, -0.25) is 4.79 Å². The first kappa shape index (κ1) is 14.8. The second-order valence-corrected chi connectivity index (χ2v) is 7.10. The molecule has 2 aliphatic rings. The summed E-state index contributed by atoms with van der Waals surface area (Å²) in [7, 11) is 1.43. The average Bonchev–Trinajstić information content (AvgIpc) is 2.37. The van der Waals surface area contributed by atoms with Gasteiger partial charge in [0.05, 0.1) is 7.11 Å². The van der Waals surface area contributed by atoms with Crippen LogP contribution in [0.4, 0.5) is 0 Å². The Kier molecular flexibility index (Phi) is 4.21. The highest BCUT2D eigenvalue weighted by Crippen LogP contribution is 2.35. The Morgan fingerprint density at radius 2 is 1.89 bits per heavy atom. The predicted octanol–water partition coefficient (Wildman–Crippen LogP) is 1.92. The minimum atomic E-state index is -0.759. The molecular weight excluding hydrogens is 240 g/mol. The monoisotopic (exact) mass is 268 g/mol. The fourth-order valence-electron chi connectivity index (χ4n) is 3.47. The second-order valence-electron chi connectivity index (χ2n) is 7.10. The summed E-state index contributed by atoms with van der Waals surface area (Å²) in [5, 5.41) is 0. The van der Waals surface area contributed by atoms with E-state index >= 15 is 0 Å². The minimum absolute atomic E-state index is 0.241. The van der Waals surface area contributed by atoms with E-state index in [1.165, 1.54) is 20.0 Å². The third-order valence-corrected chi connectivity index (χ3v) is 5.02. The van der Waals surface area contributed by atoms with Crippen molar-refractivity contribution in [3.63, 3.8) is 0 Å². The summed E-state index contributed by atoms with van der Waals surface area (Å²) in [6.07, 6.45) is 6.17. The second kappa shape index (κ2) is 5.41. The highest BCUT2D eigenvalue weighted by atomic mass is 16.5. The first-order valence-corrected chi connectivity index (χ1v) is 7.48. The number of methoxy groups -OCH3 is 1. The van der Waals surface area contributed by atoms with Gasteiger partial charge in [-0.1, -0.05) is 13.8 Å². The molecule has 110 valence electrons. The van der Waals surface area contributed by atoms with E-state index in [0.717, 1.165) is 38.8 Å². The predicted molar refractivity (Wildman–Crippen MR) is 75.8 cm³/mol. The van der Waals surface area contributed by atoms with Crippen molar-refractivity contribution in [2.75, 3.05) is 20.2 Å². The molecule has 2 N–H and O–H groups in total. The summed E-state index contributed by atoms with van der Waals surface area (Å²) in [4.78, 5) is 14.4. The van der Waals surface area contributed by atoms with Crippen molar-refractivity contribution in [3.8, 4) is 0 Å². The Balaban J connectivity index is 1.96. The van der Waals surface area contributed by atoms with E-state index in [0.29, 0.717) is 11.5 Å². The molecule has 1 aliphatic carbocycles. The molecule has 0 aromatic rings. The number of piperidine rings is 1. The number of esters is 1. The summed E-state index contributed by atoms with van der Waals surface area (Å²) in [5.41, 5.74) is 5.97. The summed E-state index contributed by atoms with van der Waals surface area (Å²) in [6, 6.07) is 0.453. The lowest BCUT2D eigenvalue weighted by Gasteiger charge is -2.45. The van der Waals surface area contributed by atoms with E-state index in [1.807, 2.05) is 0 Å². The summed E-state index contributed by atoms with van der Waals surface area (Å²) in [6.45, 7) is 6.95. The van der Waals surface area contributed by atoms with Crippen LogP contribution in [0.1, 0.15) is 52.4 Å². The van der Waals surface area contributed by atoms with E-state index in [-0.39, 0.29) is 5.97 Å². The molecular formula is C15H28N2O2. The lowest BCUT2D eigenvalue weighted by atomic mass is 9.77. The maximum atomic E-state index is 11.9. The van der Waals surface area contributed by atoms with Crippen LogP contribution in [0, 0.1) is 5.41 Å². The number of ether oxygens (including phenoxy) is 1. The zero-order chi connectivity index (χ0) is 14.1. The van der Waals surface area contributed by atoms with Gasteiger partial charge in [0.2, 0.25) is 0 Å². The molecule has 1 heterocycles. The largest absolute Gasteiger partial charge is 0.468 e. The number of nitrogens with zero attached hydrogens (tertiary/aromatic N) is 1. The van der Waals surface area contributed by atoms with Crippen LogP contribution in [0.2, 0.25) is 0 Å². The van der Waals surface area contributed by atoms with Gasteiger partial charge in [-0.25, -0.2) is 0 Å². The lowest BCUT2D eigenvalue weighted by Crippen LogP contribution is -2.57. The molecule has 19 heavy (non-hydrogen) atoms. The molecule has 2 rings (SSSR count). The van der Waals surface area contributed by atoms with Gasteiger partial charge in [-0.2, -0.15) is 0 Å². The lowest BCUT2D eigenvalue weighted by molar-refractivity contribution is -0.149. The topological polar surface area (TPSA) is 55.6 Å². The van der Waals surface area contributed by atoms with Gasteiger partial charge in [0.15, 0.2) is 0 Å². The van der Waals surface area contributed by atoms with Gasteiger partial charge >= 0.3 is 5.97 Å².